The van der Waals surface area contributed by atoms with Gasteiger partial charge in [-0.05, 0) is 63.2 Å². The monoisotopic (exact) mass is 462 g/mol. The van der Waals surface area contributed by atoms with Crippen molar-refractivity contribution in [2.75, 3.05) is 42.3 Å². The molecule has 1 saturated carbocycles. The van der Waals surface area contributed by atoms with Crippen molar-refractivity contribution in [1.82, 2.24) is 15.2 Å². The first-order valence-corrected chi connectivity index (χ1v) is 12.3. The maximum Gasteiger partial charge on any atom is 0.251 e. The van der Waals surface area contributed by atoms with E-state index in [1.54, 1.807) is 4.90 Å². The molecule has 2 N–H and O–H groups in total. The summed E-state index contributed by atoms with van der Waals surface area (Å²) in [6.45, 7) is 3.78. The molecule has 0 unspecified atom stereocenters. The van der Waals surface area contributed by atoms with E-state index in [0.717, 1.165) is 48.9 Å². The third-order valence-corrected chi connectivity index (χ3v) is 7.35. The second-order valence-corrected chi connectivity index (χ2v) is 9.91. The van der Waals surface area contributed by atoms with Gasteiger partial charge in [-0.25, -0.2) is 4.98 Å². The Morgan fingerprint density at radius 1 is 1.00 bits per heavy atom. The zero-order valence-corrected chi connectivity index (χ0v) is 20.3. The van der Waals surface area contributed by atoms with Gasteiger partial charge in [0.2, 0.25) is 5.91 Å². The van der Waals surface area contributed by atoms with Crippen LogP contribution >= 0.6 is 0 Å². The zero-order valence-electron chi connectivity index (χ0n) is 20.3. The van der Waals surface area contributed by atoms with Crippen molar-refractivity contribution in [2.45, 2.75) is 57.2 Å². The summed E-state index contributed by atoms with van der Waals surface area (Å²) in [4.78, 5) is 36.5. The van der Waals surface area contributed by atoms with Crippen LogP contribution in [0.5, 0.6) is 0 Å². The molecule has 1 aromatic carbocycles. The van der Waals surface area contributed by atoms with Crippen molar-refractivity contribution < 1.29 is 9.59 Å². The van der Waals surface area contributed by atoms with Crippen LogP contribution in [0.25, 0.3) is 0 Å². The van der Waals surface area contributed by atoms with Crippen LogP contribution in [0.15, 0.2) is 36.4 Å². The van der Waals surface area contributed by atoms with Gasteiger partial charge in [-0.15, -0.1) is 0 Å². The number of carbonyl (C=O) groups excluding carboxylic acids is 2. The van der Waals surface area contributed by atoms with Gasteiger partial charge in [0.15, 0.2) is 5.82 Å². The molecule has 1 aromatic heterocycles. The fourth-order valence-corrected chi connectivity index (χ4v) is 5.42. The van der Waals surface area contributed by atoms with Crippen molar-refractivity contribution in [1.29, 1.82) is 0 Å². The van der Waals surface area contributed by atoms with Gasteiger partial charge in [0.1, 0.15) is 11.9 Å². The third-order valence-electron chi connectivity index (χ3n) is 7.35. The number of aromatic nitrogens is 1. The first-order chi connectivity index (χ1) is 16.4. The highest BCUT2D eigenvalue weighted by Crippen LogP contribution is 2.39. The number of anilines is 4. The van der Waals surface area contributed by atoms with E-state index >= 15 is 0 Å². The average Bonchev–Trinajstić information content (AvgIpc) is 2.83. The Morgan fingerprint density at radius 3 is 2.38 bits per heavy atom. The molecule has 8 heteroatoms. The van der Waals surface area contributed by atoms with Crippen molar-refractivity contribution in [3.05, 3.63) is 42.0 Å². The molecular weight excluding hydrogens is 428 g/mol. The number of hydrogen-bond donors (Lipinski definition) is 2. The number of likely N-dealkylation sites (tertiary alicyclic amines) is 1. The summed E-state index contributed by atoms with van der Waals surface area (Å²) in [5, 5.41) is 6.44. The van der Waals surface area contributed by atoms with Crippen molar-refractivity contribution in [2.24, 2.45) is 0 Å². The molecule has 0 radical (unpaired) electrons. The van der Waals surface area contributed by atoms with E-state index in [0.29, 0.717) is 11.6 Å². The summed E-state index contributed by atoms with van der Waals surface area (Å²) in [5.74, 6) is 1.67. The number of nitrogens with one attached hydrogen (secondary N) is 2. The zero-order chi connectivity index (χ0) is 23.8. The molecule has 0 bridgehead atoms. The Kier molecular flexibility index (Phi) is 6.16. The van der Waals surface area contributed by atoms with Crippen LogP contribution in [-0.4, -0.2) is 67.0 Å². The molecule has 1 aliphatic carbocycles. The predicted octanol–water partition coefficient (Wildman–Crippen LogP) is 3.37. The first kappa shape index (κ1) is 22.7. The minimum atomic E-state index is -0.225. The lowest BCUT2D eigenvalue weighted by Gasteiger charge is -2.44. The molecular formula is C26H34N6O2. The summed E-state index contributed by atoms with van der Waals surface area (Å²) in [7, 11) is 3.87. The average molecular weight is 463 g/mol. The number of hydrogen-bond acceptors (Lipinski definition) is 6. The van der Waals surface area contributed by atoms with Crippen LogP contribution in [0.3, 0.4) is 0 Å². The lowest BCUT2D eigenvalue weighted by molar-refractivity contribution is -0.119. The van der Waals surface area contributed by atoms with Gasteiger partial charge in [0.05, 0.1) is 11.7 Å². The van der Waals surface area contributed by atoms with E-state index in [1.807, 2.05) is 57.4 Å². The lowest BCUT2D eigenvalue weighted by Crippen LogP contribution is -2.57. The van der Waals surface area contributed by atoms with Crippen molar-refractivity contribution in [3.63, 3.8) is 0 Å². The number of rotatable bonds is 5. The fraction of sp³-hybridized carbons (Fsp3) is 0.500. The van der Waals surface area contributed by atoms with E-state index in [4.69, 9.17) is 4.98 Å². The molecule has 2 aliphatic heterocycles. The number of likely N-dealkylation sites (N-methyl/N-ethyl adjacent to an activating group) is 2. The van der Waals surface area contributed by atoms with Crippen LogP contribution in [0.1, 0.15) is 49.4 Å². The highest BCUT2D eigenvalue weighted by molar-refractivity contribution is 6.04. The molecule has 3 heterocycles. The first-order valence-electron chi connectivity index (χ1n) is 12.3. The predicted molar refractivity (Wildman–Crippen MR) is 135 cm³/mol. The SMILES string of the molecule is C[C@@H]1C(=O)N(C)c2ccc(Nc3ccc(C(=O)NC4CN(C)C4)cc3)nc2N1C1CCCCC1. The smallest absolute Gasteiger partial charge is 0.251 e. The quantitative estimate of drug-likeness (QED) is 0.709. The van der Waals surface area contributed by atoms with E-state index < -0.39 is 0 Å². The number of pyridine rings is 1. The molecule has 5 rings (SSSR count). The summed E-state index contributed by atoms with van der Waals surface area (Å²) in [5.41, 5.74) is 2.37. The molecule has 3 aliphatic rings. The number of amides is 2. The Labute approximate surface area is 201 Å². The Morgan fingerprint density at radius 2 is 1.71 bits per heavy atom. The number of benzene rings is 1. The fourth-order valence-electron chi connectivity index (χ4n) is 5.42. The highest BCUT2D eigenvalue weighted by Gasteiger charge is 2.38. The normalized spacial score (nSPS) is 21.7. The molecule has 2 aromatic rings. The Bertz CT molecular complexity index is 1060. The number of nitrogens with zero attached hydrogens (tertiary/aromatic N) is 4. The van der Waals surface area contributed by atoms with Crippen molar-refractivity contribution >= 4 is 34.8 Å². The molecule has 2 amide bonds. The largest absolute Gasteiger partial charge is 0.347 e. The number of fused-ring (bicyclic) bond motifs is 1. The van der Waals surface area contributed by atoms with Gasteiger partial charge in [-0.3, -0.25) is 9.59 Å². The van der Waals surface area contributed by atoms with E-state index in [-0.39, 0.29) is 23.9 Å². The topological polar surface area (TPSA) is 80.8 Å². The standard InChI is InChI=1S/C26H34N6O2/c1-17-26(34)31(3)22-13-14-23(29-24(22)32(17)21-7-5-4-6-8-21)27-19-11-9-18(10-12-19)25(33)28-20-15-30(2)16-20/h9-14,17,20-21H,4-8,15-16H2,1-3H3,(H,27,29)(H,28,33)/t17-/m1/s1. The van der Waals surface area contributed by atoms with Gasteiger partial charge in [-0.2, -0.15) is 0 Å². The molecule has 1 saturated heterocycles. The van der Waals surface area contributed by atoms with Gasteiger partial charge in [-0.1, -0.05) is 19.3 Å². The molecule has 8 nitrogen and oxygen atoms in total. The van der Waals surface area contributed by atoms with Crippen LogP contribution in [0, 0.1) is 0 Å². The summed E-state index contributed by atoms with van der Waals surface area (Å²) >= 11 is 0. The van der Waals surface area contributed by atoms with E-state index in [1.165, 1.54) is 19.3 Å². The molecule has 0 spiro atoms. The number of carbonyl (C=O) groups is 2. The van der Waals surface area contributed by atoms with Gasteiger partial charge in [0, 0.05) is 37.4 Å². The Hall–Kier alpha value is -3.13. The van der Waals surface area contributed by atoms with Crippen LogP contribution in [0.4, 0.5) is 23.0 Å². The van der Waals surface area contributed by atoms with Crippen LogP contribution in [0.2, 0.25) is 0 Å². The van der Waals surface area contributed by atoms with E-state index in [2.05, 4.69) is 20.4 Å². The van der Waals surface area contributed by atoms with Gasteiger partial charge in [0.25, 0.3) is 5.91 Å². The summed E-state index contributed by atoms with van der Waals surface area (Å²) < 4.78 is 0. The maximum absolute atomic E-state index is 12.9. The summed E-state index contributed by atoms with van der Waals surface area (Å²) in [6.07, 6.45) is 5.85. The highest BCUT2D eigenvalue weighted by atomic mass is 16.2. The van der Waals surface area contributed by atoms with E-state index in [9.17, 15) is 9.59 Å². The minimum absolute atomic E-state index is 0.0404. The van der Waals surface area contributed by atoms with Gasteiger partial charge < -0.3 is 25.3 Å². The molecule has 1 atom stereocenters. The second-order valence-electron chi connectivity index (χ2n) is 9.91. The second kappa shape index (κ2) is 9.25. The molecule has 180 valence electrons. The molecule has 34 heavy (non-hydrogen) atoms. The van der Waals surface area contributed by atoms with Crippen LogP contribution in [-0.2, 0) is 4.79 Å². The van der Waals surface area contributed by atoms with Crippen molar-refractivity contribution in [3.8, 4) is 0 Å². The van der Waals surface area contributed by atoms with Gasteiger partial charge >= 0.3 is 0 Å². The molecule has 2 fully saturated rings. The Balaban J connectivity index is 1.33. The maximum atomic E-state index is 12.9. The third kappa shape index (κ3) is 4.34. The lowest BCUT2D eigenvalue weighted by atomic mass is 9.92. The minimum Gasteiger partial charge on any atom is -0.347 e. The summed E-state index contributed by atoms with van der Waals surface area (Å²) in [6, 6.07) is 11.7. The van der Waals surface area contributed by atoms with Crippen LogP contribution < -0.4 is 20.4 Å².